The van der Waals surface area contributed by atoms with E-state index in [0.717, 1.165) is 0 Å². The Morgan fingerprint density at radius 1 is 1.31 bits per heavy atom. The number of nitrogens with zero attached hydrogens (tertiary/aromatic N) is 3. The first-order valence-electron chi connectivity index (χ1n) is 5.10. The third kappa shape index (κ3) is 2.42. The highest BCUT2D eigenvalue weighted by atomic mass is 16.1. The lowest BCUT2D eigenvalue weighted by atomic mass is 9.99. The molecule has 5 heteroatoms. The topological polar surface area (TPSA) is 62.1 Å². The van der Waals surface area contributed by atoms with Crippen molar-refractivity contribution in [3.05, 3.63) is 11.1 Å². The van der Waals surface area contributed by atoms with Gasteiger partial charge < -0.3 is 0 Å². The monoisotopic (exact) mass is 221 g/mol. The maximum absolute atomic E-state index is 11.4. The van der Waals surface area contributed by atoms with Gasteiger partial charge in [-0.3, -0.25) is 9.59 Å². The van der Waals surface area contributed by atoms with Crippen molar-refractivity contribution in [2.75, 3.05) is 6.54 Å². The van der Waals surface area contributed by atoms with Crippen molar-refractivity contribution in [1.29, 1.82) is 0 Å². The fourth-order valence-corrected chi connectivity index (χ4v) is 1.50. The zero-order valence-corrected chi connectivity index (χ0v) is 9.94. The van der Waals surface area contributed by atoms with Crippen molar-refractivity contribution in [3.63, 3.8) is 0 Å². The Hall–Kier alpha value is -1.78. The normalized spacial score (nSPS) is 14.9. The second-order valence-electron chi connectivity index (χ2n) is 3.52. The molecule has 0 unspecified atom stereocenters. The molecule has 5 nitrogen and oxygen atoms in total. The highest BCUT2D eigenvalue weighted by molar-refractivity contribution is 6.30. The van der Waals surface area contributed by atoms with Gasteiger partial charge in [0.25, 0.3) is 0 Å². The molecule has 0 amide bonds. The van der Waals surface area contributed by atoms with Gasteiger partial charge in [0.05, 0.1) is 24.0 Å². The number of carbonyl (C=O) groups is 2. The van der Waals surface area contributed by atoms with Crippen molar-refractivity contribution >= 4 is 23.5 Å². The Labute approximate surface area is 94.5 Å². The number of Topliss-reactive ketones (excluding diaryl/α,β-unsaturated/α-hetero) is 2. The van der Waals surface area contributed by atoms with E-state index in [4.69, 9.17) is 0 Å². The molecule has 1 rings (SSSR count). The zero-order valence-electron chi connectivity index (χ0n) is 9.94. The Morgan fingerprint density at radius 3 is 2.25 bits per heavy atom. The van der Waals surface area contributed by atoms with Crippen LogP contribution in [0.4, 0.5) is 0 Å². The second kappa shape index (κ2) is 4.83. The minimum atomic E-state index is -0.256. The van der Waals surface area contributed by atoms with E-state index >= 15 is 0 Å². The van der Waals surface area contributed by atoms with Gasteiger partial charge in [0.15, 0.2) is 11.6 Å². The van der Waals surface area contributed by atoms with E-state index in [-0.39, 0.29) is 17.1 Å². The van der Waals surface area contributed by atoms with E-state index < -0.39 is 0 Å². The summed E-state index contributed by atoms with van der Waals surface area (Å²) < 4.78 is 0. The van der Waals surface area contributed by atoms with Crippen LogP contribution in [0, 0.1) is 0 Å². The minimum Gasteiger partial charge on any atom is -0.294 e. The molecule has 0 saturated heterocycles. The van der Waals surface area contributed by atoms with Gasteiger partial charge in [-0.2, -0.15) is 15.3 Å². The summed E-state index contributed by atoms with van der Waals surface area (Å²) in [5, 5.41) is 9.69. The van der Waals surface area contributed by atoms with E-state index in [1.807, 2.05) is 6.92 Å². The molecule has 86 valence electrons. The number of hydrogen-bond donors (Lipinski definition) is 0. The largest absolute Gasteiger partial charge is 0.294 e. The summed E-state index contributed by atoms with van der Waals surface area (Å²) in [5.41, 5.74) is 1.32. The van der Waals surface area contributed by atoms with Crippen molar-refractivity contribution in [2.24, 2.45) is 10.2 Å². The molecule has 0 bridgehead atoms. The first-order valence-corrected chi connectivity index (χ1v) is 5.10. The third-order valence-corrected chi connectivity index (χ3v) is 2.23. The average molecular weight is 221 g/mol. The standard InChI is InChI=1S/C11H15N3O2/c1-5-14-12-6-10(7(2)13-14)11(8(3)15)9(4)16/h6H,5H2,1-4H3. The van der Waals surface area contributed by atoms with Crippen molar-refractivity contribution in [2.45, 2.75) is 27.7 Å². The van der Waals surface area contributed by atoms with Crippen LogP contribution in [-0.2, 0) is 9.59 Å². The molecule has 0 aromatic heterocycles. The van der Waals surface area contributed by atoms with Gasteiger partial charge in [-0.25, -0.2) is 0 Å². The van der Waals surface area contributed by atoms with Crippen molar-refractivity contribution in [1.82, 2.24) is 5.12 Å². The predicted octanol–water partition coefficient (Wildman–Crippen LogP) is 1.16. The quantitative estimate of drug-likeness (QED) is 0.408. The van der Waals surface area contributed by atoms with Crippen LogP contribution in [0.1, 0.15) is 27.7 Å². The van der Waals surface area contributed by atoms with Crippen LogP contribution in [0.5, 0.6) is 0 Å². The summed E-state index contributed by atoms with van der Waals surface area (Å²) in [6.45, 7) is 7.07. The van der Waals surface area contributed by atoms with Gasteiger partial charge in [0.2, 0.25) is 0 Å². The molecule has 1 heterocycles. The predicted molar refractivity (Wildman–Crippen MR) is 62.4 cm³/mol. The number of hydrazone groups is 2. The summed E-state index contributed by atoms with van der Waals surface area (Å²) in [6.07, 6.45) is 1.52. The lowest BCUT2D eigenvalue weighted by Gasteiger charge is -2.18. The van der Waals surface area contributed by atoms with Gasteiger partial charge in [-0.05, 0) is 27.7 Å². The van der Waals surface area contributed by atoms with E-state index in [0.29, 0.717) is 17.8 Å². The van der Waals surface area contributed by atoms with Crippen LogP contribution in [0.25, 0.3) is 0 Å². The second-order valence-corrected chi connectivity index (χ2v) is 3.52. The fourth-order valence-electron chi connectivity index (χ4n) is 1.50. The molecule has 16 heavy (non-hydrogen) atoms. The highest BCUT2D eigenvalue weighted by Crippen LogP contribution is 2.13. The van der Waals surface area contributed by atoms with Crippen molar-refractivity contribution < 1.29 is 9.59 Å². The molecular formula is C11H15N3O2. The average Bonchev–Trinajstić information content (AvgIpc) is 2.19. The van der Waals surface area contributed by atoms with Gasteiger partial charge in [0, 0.05) is 5.57 Å². The minimum absolute atomic E-state index is 0.167. The molecule has 0 N–H and O–H groups in total. The molecule has 0 aliphatic carbocycles. The lowest BCUT2D eigenvalue weighted by Crippen LogP contribution is -2.23. The van der Waals surface area contributed by atoms with Gasteiger partial charge >= 0.3 is 0 Å². The molecule has 1 aliphatic heterocycles. The molecule has 0 atom stereocenters. The smallest absolute Gasteiger partial charge is 0.164 e. The van der Waals surface area contributed by atoms with Crippen LogP contribution in [-0.4, -0.2) is 35.2 Å². The molecule has 0 aromatic rings. The van der Waals surface area contributed by atoms with Crippen LogP contribution in [0.2, 0.25) is 0 Å². The van der Waals surface area contributed by atoms with E-state index in [2.05, 4.69) is 10.2 Å². The van der Waals surface area contributed by atoms with E-state index in [1.54, 1.807) is 6.92 Å². The maximum Gasteiger partial charge on any atom is 0.164 e. The summed E-state index contributed by atoms with van der Waals surface area (Å²) in [5.74, 6) is -0.512. The molecule has 1 aliphatic rings. The Balaban J connectivity index is 3.23. The highest BCUT2D eigenvalue weighted by Gasteiger charge is 2.19. The molecular weight excluding hydrogens is 206 g/mol. The van der Waals surface area contributed by atoms with Gasteiger partial charge in [0.1, 0.15) is 0 Å². The van der Waals surface area contributed by atoms with Gasteiger partial charge in [-0.15, -0.1) is 0 Å². The summed E-state index contributed by atoms with van der Waals surface area (Å²) in [4.78, 5) is 22.7. The number of rotatable bonds is 3. The summed E-state index contributed by atoms with van der Waals surface area (Å²) >= 11 is 0. The zero-order chi connectivity index (χ0) is 12.3. The van der Waals surface area contributed by atoms with Gasteiger partial charge in [-0.1, -0.05) is 0 Å². The Morgan fingerprint density at radius 2 is 1.88 bits per heavy atom. The van der Waals surface area contributed by atoms with Crippen LogP contribution < -0.4 is 0 Å². The summed E-state index contributed by atoms with van der Waals surface area (Å²) in [7, 11) is 0. The lowest BCUT2D eigenvalue weighted by molar-refractivity contribution is -0.119. The SMILES string of the molecule is CCN1N=CC(=C(C(C)=O)C(C)=O)C(C)=N1. The summed E-state index contributed by atoms with van der Waals surface area (Å²) in [6, 6.07) is 0. The molecule has 0 aromatic carbocycles. The Kier molecular flexibility index (Phi) is 3.71. The van der Waals surface area contributed by atoms with E-state index in [9.17, 15) is 9.59 Å². The molecule has 0 spiro atoms. The molecule has 0 fully saturated rings. The van der Waals surface area contributed by atoms with Crippen LogP contribution in [0.3, 0.4) is 0 Å². The molecule has 0 saturated carbocycles. The first kappa shape index (κ1) is 12.3. The number of carbonyl (C=O) groups excluding carboxylic acids is 2. The molecule has 0 radical (unpaired) electrons. The number of hydrogen-bond acceptors (Lipinski definition) is 5. The Bertz CT molecular complexity index is 403. The fraction of sp³-hybridized carbons (Fsp3) is 0.455. The maximum atomic E-state index is 11.4. The van der Waals surface area contributed by atoms with Crippen LogP contribution >= 0.6 is 0 Å². The van der Waals surface area contributed by atoms with E-state index in [1.165, 1.54) is 25.2 Å². The first-order chi connectivity index (χ1) is 7.47. The third-order valence-electron chi connectivity index (χ3n) is 2.23. The van der Waals surface area contributed by atoms with Crippen LogP contribution in [0.15, 0.2) is 21.3 Å². The van der Waals surface area contributed by atoms with Crippen molar-refractivity contribution in [3.8, 4) is 0 Å². The number of ketones is 2. The number of allylic oxidation sites excluding steroid dienone is 2.